The van der Waals surface area contributed by atoms with Gasteiger partial charge in [0.05, 0.1) is 23.3 Å². The third kappa shape index (κ3) is 3.68. The number of halogens is 3. The Morgan fingerprint density at radius 3 is 2.47 bits per heavy atom. The highest BCUT2D eigenvalue weighted by Gasteiger charge is 2.36. The van der Waals surface area contributed by atoms with Gasteiger partial charge in [0.1, 0.15) is 5.75 Å². The fraction of sp³-hybridized carbons (Fsp3) is 0.0909. The van der Waals surface area contributed by atoms with Crippen LogP contribution in [-0.2, 0) is 11.0 Å². The molecule has 1 aliphatic heterocycles. The summed E-state index contributed by atoms with van der Waals surface area (Å²) in [5.41, 5.74) is 0.0467. The summed E-state index contributed by atoms with van der Waals surface area (Å²) in [6.07, 6.45) is -2.80. The predicted molar refractivity (Wildman–Crippen MR) is 118 cm³/mol. The van der Waals surface area contributed by atoms with E-state index in [0.29, 0.717) is 10.7 Å². The summed E-state index contributed by atoms with van der Waals surface area (Å²) in [4.78, 5) is 14.5. The number of benzene rings is 3. The SMILES string of the molecule is COc1ccc(C=C2SC(=S)N(c3cccc(C(F)(F)F)c3)C2=O)c2ccccc12. The summed E-state index contributed by atoms with van der Waals surface area (Å²) in [6, 6.07) is 15.8. The Balaban J connectivity index is 1.74. The number of carbonyl (C=O) groups is 1. The zero-order valence-electron chi connectivity index (χ0n) is 15.6. The maximum absolute atomic E-state index is 13.1. The molecule has 3 aromatic carbocycles. The maximum Gasteiger partial charge on any atom is 0.416 e. The quantitative estimate of drug-likeness (QED) is 0.351. The molecule has 1 amide bonds. The van der Waals surface area contributed by atoms with Crippen LogP contribution in [0.3, 0.4) is 0 Å². The average molecular weight is 445 g/mol. The molecule has 0 bridgehead atoms. The Bertz CT molecular complexity index is 1200. The molecule has 1 heterocycles. The second-order valence-electron chi connectivity index (χ2n) is 6.47. The van der Waals surface area contributed by atoms with Crippen molar-refractivity contribution in [2.75, 3.05) is 12.0 Å². The van der Waals surface area contributed by atoms with Crippen molar-refractivity contribution < 1.29 is 22.7 Å². The van der Waals surface area contributed by atoms with Crippen LogP contribution in [0.5, 0.6) is 5.75 Å². The van der Waals surface area contributed by atoms with E-state index in [9.17, 15) is 18.0 Å². The van der Waals surface area contributed by atoms with Gasteiger partial charge < -0.3 is 4.74 Å². The summed E-state index contributed by atoms with van der Waals surface area (Å²) in [6.45, 7) is 0. The van der Waals surface area contributed by atoms with E-state index in [-0.39, 0.29) is 10.0 Å². The predicted octanol–water partition coefficient (Wildman–Crippen LogP) is 6.27. The molecule has 8 heteroatoms. The lowest BCUT2D eigenvalue weighted by molar-refractivity contribution is -0.137. The number of anilines is 1. The summed E-state index contributed by atoms with van der Waals surface area (Å²) < 4.78 is 44.8. The second kappa shape index (κ2) is 7.77. The molecule has 0 atom stereocenters. The van der Waals surface area contributed by atoms with Crippen LogP contribution in [-0.4, -0.2) is 17.3 Å². The van der Waals surface area contributed by atoms with Crippen molar-refractivity contribution >= 4 is 56.7 Å². The lowest BCUT2D eigenvalue weighted by atomic mass is 10.0. The summed E-state index contributed by atoms with van der Waals surface area (Å²) in [7, 11) is 1.58. The van der Waals surface area contributed by atoms with Gasteiger partial charge in [0, 0.05) is 5.39 Å². The molecular weight excluding hydrogens is 431 g/mol. The molecule has 1 saturated heterocycles. The van der Waals surface area contributed by atoms with E-state index < -0.39 is 17.6 Å². The van der Waals surface area contributed by atoms with Gasteiger partial charge in [0.15, 0.2) is 4.32 Å². The number of nitrogens with zero attached hydrogens (tertiary/aromatic N) is 1. The standard InChI is InChI=1S/C22H14F3NO2S2/c1-28-18-10-9-13(16-7-2-3-8-17(16)18)11-19-20(27)26(21(29)30-19)15-6-4-5-14(12-15)22(23,24)25/h2-12H,1H3. The highest BCUT2D eigenvalue weighted by atomic mass is 32.2. The number of hydrogen-bond donors (Lipinski definition) is 0. The smallest absolute Gasteiger partial charge is 0.416 e. The highest BCUT2D eigenvalue weighted by molar-refractivity contribution is 8.27. The Kier molecular flexibility index (Phi) is 5.29. The number of carbonyl (C=O) groups excluding carboxylic acids is 1. The maximum atomic E-state index is 13.1. The zero-order chi connectivity index (χ0) is 21.5. The van der Waals surface area contributed by atoms with Gasteiger partial charge in [-0.05, 0) is 41.3 Å². The number of thiocarbonyl (C=S) groups is 1. The first-order chi connectivity index (χ1) is 14.3. The lowest BCUT2D eigenvalue weighted by Crippen LogP contribution is -2.27. The van der Waals surface area contributed by atoms with Gasteiger partial charge in [-0.3, -0.25) is 9.69 Å². The first-order valence-electron chi connectivity index (χ1n) is 8.80. The fourth-order valence-electron chi connectivity index (χ4n) is 3.25. The van der Waals surface area contributed by atoms with Crippen LogP contribution in [0.25, 0.3) is 16.8 Å². The Hall–Kier alpha value is -2.84. The minimum atomic E-state index is -4.51. The highest BCUT2D eigenvalue weighted by Crippen LogP contribution is 2.39. The van der Waals surface area contributed by atoms with Crippen molar-refractivity contribution in [2.24, 2.45) is 0 Å². The molecule has 0 aliphatic carbocycles. The van der Waals surface area contributed by atoms with Crippen LogP contribution >= 0.6 is 24.0 Å². The van der Waals surface area contributed by atoms with Crippen LogP contribution in [0.2, 0.25) is 0 Å². The Labute approximate surface area is 180 Å². The monoisotopic (exact) mass is 445 g/mol. The molecule has 0 aromatic heterocycles. The number of hydrogen-bond acceptors (Lipinski definition) is 4. The number of methoxy groups -OCH3 is 1. The minimum Gasteiger partial charge on any atom is -0.496 e. The Morgan fingerprint density at radius 1 is 1.03 bits per heavy atom. The van der Waals surface area contributed by atoms with Crippen LogP contribution < -0.4 is 9.64 Å². The Morgan fingerprint density at radius 2 is 1.77 bits per heavy atom. The van der Waals surface area contributed by atoms with E-state index in [4.69, 9.17) is 17.0 Å². The van der Waals surface area contributed by atoms with Crippen LogP contribution in [0.4, 0.5) is 18.9 Å². The molecule has 0 spiro atoms. The summed E-state index contributed by atoms with van der Waals surface area (Å²) in [5.74, 6) is 0.253. The molecule has 3 aromatic rings. The third-order valence-electron chi connectivity index (χ3n) is 4.65. The topological polar surface area (TPSA) is 29.5 Å². The summed E-state index contributed by atoms with van der Waals surface area (Å²) >= 11 is 6.35. The number of alkyl halides is 3. The number of fused-ring (bicyclic) bond motifs is 1. The van der Waals surface area contributed by atoms with E-state index in [0.717, 1.165) is 45.1 Å². The minimum absolute atomic E-state index is 0.0929. The van der Waals surface area contributed by atoms with Gasteiger partial charge in [-0.1, -0.05) is 60.4 Å². The molecule has 30 heavy (non-hydrogen) atoms. The molecular formula is C22H14F3NO2S2. The largest absolute Gasteiger partial charge is 0.496 e. The van der Waals surface area contributed by atoms with Crippen LogP contribution in [0.1, 0.15) is 11.1 Å². The van der Waals surface area contributed by atoms with Crippen molar-refractivity contribution in [3.8, 4) is 5.75 Å². The van der Waals surface area contributed by atoms with Crippen LogP contribution in [0, 0.1) is 0 Å². The van der Waals surface area contributed by atoms with Crippen molar-refractivity contribution in [1.82, 2.24) is 0 Å². The van der Waals surface area contributed by atoms with Gasteiger partial charge in [0.25, 0.3) is 5.91 Å². The molecule has 0 saturated carbocycles. The number of rotatable bonds is 3. The van der Waals surface area contributed by atoms with Gasteiger partial charge in [-0.25, -0.2) is 0 Å². The molecule has 152 valence electrons. The molecule has 0 unspecified atom stereocenters. The van der Waals surface area contributed by atoms with Crippen LogP contribution in [0.15, 0.2) is 65.6 Å². The molecule has 0 radical (unpaired) electrons. The number of ether oxygens (including phenoxy) is 1. The molecule has 4 rings (SSSR count). The first kappa shape index (κ1) is 20.4. The fourth-order valence-corrected chi connectivity index (χ4v) is 4.54. The first-order valence-corrected chi connectivity index (χ1v) is 10.0. The summed E-state index contributed by atoms with van der Waals surface area (Å²) in [5, 5.41) is 1.78. The normalized spacial score (nSPS) is 16.0. The van der Waals surface area contributed by atoms with Gasteiger partial charge in [-0.2, -0.15) is 13.2 Å². The molecule has 3 nitrogen and oxygen atoms in total. The van der Waals surface area contributed by atoms with Crippen molar-refractivity contribution in [3.05, 3.63) is 76.7 Å². The number of amides is 1. The van der Waals surface area contributed by atoms with Gasteiger partial charge in [0.2, 0.25) is 0 Å². The zero-order valence-corrected chi connectivity index (χ0v) is 17.2. The van der Waals surface area contributed by atoms with E-state index in [2.05, 4.69) is 0 Å². The van der Waals surface area contributed by atoms with E-state index in [1.165, 1.54) is 12.1 Å². The molecule has 1 fully saturated rings. The second-order valence-corrected chi connectivity index (χ2v) is 8.14. The van der Waals surface area contributed by atoms with Gasteiger partial charge >= 0.3 is 6.18 Å². The van der Waals surface area contributed by atoms with Crippen molar-refractivity contribution in [2.45, 2.75) is 6.18 Å². The van der Waals surface area contributed by atoms with E-state index in [1.807, 2.05) is 36.4 Å². The van der Waals surface area contributed by atoms with E-state index in [1.54, 1.807) is 13.2 Å². The van der Waals surface area contributed by atoms with Gasteiger partial charge in [-0.15, -0.1) is 0 Å². The van der Waals surface area contributed by atoms with Crippen molar-refractivity contribution in [1.29, 1.82) is 0 Å². The van der Waals surface area contributed by atoms with Crippen molar-refractivity contribution in [3.63, 3.8) is 0 Å². The molecule has 1 aliphatic rings. The number of thioether (sulfide) groups is 1. The average Bonchev–Trinajstić information content (AvgIpc) is 3.00. The lowest BCUT2D eigenvalue weighted by Gasteiger charge is -2.16. The van der Waals surface area contributed by atoms with E-state index >= 15 is 0 Å². The third-order valence-corrected chi connectivity index (χ3v) is 5.95. The molecule has 0 N–H and O–H groups in total.